The second kappa shape index (κ2) is 6.13. The lowest BCUT2D eigenvalue weighted by Gasteiger charge is -2.10. The van der Waals surface area contributed by atoms with E-state index in [1.54, 1.807) is 6.07 Å². The van der Waals surface area contributed by atoms with Gasteiger partial charge in [-0.1, -0.05) is 29.3 Å². The molecule has 1 saturated carbocycles. The number of carbonyl (C=O) groups excluding carboxylic acids is 1. The quantitative estimate of drug-likeness (QED) is 0.881. The van der Waals surface area contributed by atoms with E-state index in [4.69, 9.17) is 23.2 Å². The van der Waals surface area contributed by atoms with E-state index in [0.717, 1.165) is 29.3 Å². The van der Waals surface area contributed by atoms with E-state index in [-0.39, 0.29) is 12.0 Å². The number of hydrogen-bond acceptors (Lipinski definition) is 3. The summed E-state index contributed by atoms with van der Waals surface area (Å²) in [6, 6.07) is 5.42. The van der Waals surface area contributed by atoms with Crippen LogP contribution in [0.1, 0.15) is 28.9 Å². The lowest BCUT2D eigenvalue weighted by atomic mass is 10.1. The standard InChI is InChI=1S/C15H15Cl2NO2S/c16-9-2-4-11-12(6-9)21-14(13(11)17)15(20)18-7-8-1-3-10(19)5-8/h2,4,6,8,10,19H,1,3,5,7H2,(H,18,20). The Morgan fingerprint density at radius 3 is 2.90 bits per heavy atom. The highest BCUT2D eigenvalue weighted by molar-refractivity contribution is 7.21. The third kappa shape index (κ3) is 3.19. The largest absolute Gasteiger partial charge is 0.393 e. The highest BCUT2D eigenvalue weighted by atomic mass is 35.5. The average molecular weight is 344 g/mol. The second-order valence-corrected chi connectivity index (χ2v) is 7.30. The van der Waals surface area contributed by atoms with Crippen molar-refractivity contribution in [3.05, 3.63) is 33.1 Å². The van der Waals surface area contributed by atoms with E-state index < -0.39 is 0 Å². The third-order valence-corrected chi connectivity index (χ3v) is 5.75. The van der Waals surface area contributed by atoms with Crippen LogP contribution in [0.2, 0.25) is 10.0 Å². The zero-order chi connectivity index (χ0) is 15.0. The first kappa shape index (κ1) is 15.1. The predicted octanol–water partition coefficient (Wildman–Crippen LogP) is 4.10. The van der Waals surface area contributed by atoms with E-state index in [9.17, 15) is 9.90 Å². The monoisotopic (exact) mass is 343 g/mol. The molecule has 0 saturated heterocycles. The molecule has 21 heavy (non-hydrogen) atoms. The van der Waals surface area contributed by atoms with E-state index in [0.29, 0.717) is 27.4 Å². The molecule has 3 rings (SSSR count). The van der Waals surface area contributed by atoms with Gasteiger partial charge >= 0.3 is 0 Å². The van der Waals surface area contributed by atoms with Crippen LogP contribution in [0.4, 0.5) is 0 Å². The van der Waals surface area contributed by atoms with Crippen LogP contribution in [0, 0.1) is 5.92 Å². The van der Waals surface area contributed by atoms with Crippen LogP contribution in [0.5, 0.6) is 0 Å². The Morgan fingerprint density at radius 2 is 2.19 bits per heavy atom. The number of aliphatic hydroxyl groups excluding tert-OH is 1. The van der Waals surface area contributed by atoms with Gasteiger partial charge in [0.05, 0.1) is 11.1 Å². The van der Waals surface area contributed by atoms with Crippen molar-refractivity contribution >= 4 is 50.5 Å². The number of carbonyl (C=O) groups is 1. The van der Waals surface area contributed by atoms with Gasteiger partial charge in [-0.05, 0) is 37.3 Å². The maximum atomic E-state index is 12.3. The number of hydrogen-bond donors (Lipinski definition) is 2. The average Bonchev–Trinajstić information content (AvgIpc) is 3.00. The number of thiophene rings is 1. The zero-order valence-electron chi connectivity index (χ0n) is 11.2. The van der Waals surface area contributed by atoms with Gasteiger partial charge in [-0.3, -0.25) is 4.79 Å². The van der Waals surface area contributed by atoms with Gasteiger partial charge in [0.2, 0.25) is 0 Å². The van der Waals surface area contributed by atoms with E-state index in [2.05, 4.69) is 5.32 Å². The molecule has 0 radical (unpaired) electrons. The molecule has 1 amide bonds. The molecule has 2 aromatic rings. The summed E-state index contributed by atoms with van der Waals surface area (Å²) in [7, 11) is 0. The summed E-state index contributed by atoms with van der Waals surface area (Å²) < 4.78 is 0.911. The van der Waals surface area contributed by atoms with Crippen molar-refractivity contribution in [1.82, 2.24) is 5.32 Å². The molecule has 6 heteroatoms. The highest BCUT2D eigenvalue weighted by Gasteiger charge is 2.24. The van der Waals surface area contributed by atoms with E-state index in [1.807, 2.05) is 12.1 Å². The Labute approximate surface area is 136 Å². The zero-order valence-corrected chi connectivity index (χ0v) is 13.6. The second-order valence-electron chi connectivity index (χ2n) is 5.43. The van der Waals surface area contributed by atoms with E-state index in [1.165, 1.54) is 11.3 Å². The van der Waals surface area contributed by atoms with Crippen molar-refractivity contribution in [3.8, 4) is 0 Å². The summed E-state index contributed by atoms with van der Waals surface area (Å²) in [5.74, 6) is 0.199. The van der Waals surface area contributed by atoms with Gasteiger partial charge in [-0.2, -0.15) is 0 Å². The Balaban J connectivity index is 1.74. The fraction of sp³-hybridized carbons (Fsp3) is 0.400. The van der Waals surface area contributed by atoms with Crippen LogP contribution in [-0.4, -0.2) is 23.7 Å². The van der Waals surface area contributed by atoms with Gasteiger partial charge in [-0.15, -0.1) is 11.3 Å². The minimum atomic E-state index is -0.220. The van der Waals surface area contributed by atoms with Crippen molar-refractivity contribution in [2.75, 3.05) is 6.54 Å². The van der Waals surface area contributed by atoms with Crippen molar-refractivity contribution in [1.29, 1.82) is 0 Å². The highest BCUT2D eigenvalue weighted by Crippen LogP contribution is 2.36. The molecule has 3 nitrogen and oxygen atoms in total. The van der Waals surface area contributed by atoms with Crippen LogP contribution >= 0.6 is 34.5 Å². The van der Waals surface area contributed by atoms with Crippen molar-refractivity contribution in [2.45, 2.75) is 25.4 Å². The minimum absolute atomic E-state index is 0.154. The molecule has 1 fully saturated rings. The number of halogens is 2. The lowest BCUT2D eigenvalue weighted by molar-refractivity contribution is 0.0949. The first-order valence-electron chi connectivity index (χ1n) is 6.88. The van der Waals surface area contributed by atoms with Gasteiger partial charge in [0.1, 0.15) is 4.88 Å². The summed E-state index contributed by atoms with van der Waals surface area (Å²) >= 11 is 13.6. The predicted molar refractivity (Wildman–Crippen MR) is 87.5 cm³/mol. The number of rotatable bonds is 3. The summed E-state index contributed by atoms with van der Waals surface area (Å²) in [6.45, 7) is 0.585. The fourth-order valence-corrected chi connectivity index (χ4v) is 4.45. The van der Waals surface area contributed by atoms with Crippen LogP contribution in [0.3, 0.4) is 0 Å². The van der Waals surface area contributed by atoms with Crippen LogP contribution < -0.4 is 5.32 Å². The SMILES string of the molecule is O=C(NCC1CCC(O)C1)c1sc2cc(Cl)ccc2c1Cl. The van der Waals surface area contributed by atoms with Gasteiger partial charge in [0.15, 0.2) is 0 Å². The topological polar surface area (TPSA) is 49.3 Å². The number of benzene rings is 1. The van der Waals surface area contributed by atoms with Gasteiger partial charge in [0.25, 0.3) is 5.91 Å². The molecule has 0 spiro atoms. The summed E-state index contributed by atoms with van der Waals surface area (Å²) in [4.78, 5) is 12.8. The molecule has 1 heterocycles. The molecular weight excluding hydrogens is 329 g/mol. The van der Waals surface area contributed by atoms with Crippen LogP contribution in [0.15, 0.2) is 18.2 Å². The van der Waals surface area contributed by atoms with E-state index >= 15 is 0 Å². The molecule has 2 unspecified atom stereocenters. The molecule has 1 aromatic heterocycles. The van der Waals surface area contributed by atoms with Crippen LogP contribution in [0.25, 0.3) is 10.1 Å². The summed E-state index contributed by atoms with van der Waals surface area (Å²) in [6.07, 6.45) is 2.32. The molecule has 1 aliphatic carbocycles. The van der Waals surface area contributed by atoms with Gasteiger partial charge in [0, 0.05) is 21.7 Å². The first-order valence-corrected chi connectivity index (χ1v) is 8.45. The Kier molecular flexibility index (Phi) is 4.41. The van der Waals surface area contributed by atoms with Crippen molar-refractivity contribution < 1.29 is 9.90 Å². The molecule has 1 aliphatic rings. The minimum Gasteiger partial charge on any atom is -0.393 e. The molecule has 2 atom stereocenters. The van der Waals surface area contributed by atoms with Gasteiger partial charge in [-0.25, -0.2) is 0 Å². The molecule has 0 bridgehead atoms. The maximum Gasteiger partial charge on any atom is 0.262 e. The molecule has 2 N–H and O–H groups in total. The Bertz CT molecular complexity index is 686. The molecule has 112 valence electrons. The number of aliphatic hydroxyl groups is 1. The smallest absolute Gasteiger partial charge is 0.262 e. The molecule has 0 aliphatic heterocycles. The Hall–Kier alpha value is -0.810. The van der Waals surface area contributed by atoms with Crippen molar-refractivity contribution in [2.24, 2.45) is 5.92 Å². The lowest BCUT2D eigenvalue weighted by Crippen LogP contribution is -2.28. The molecule has 1 aromatic carbocycles. The fourth-order valence-electron chi connectivity index (χ4n) is 2.74. The molecular formula is C15H15Cl2NO2S. The number of nitrogens with one attached hydrogen (secondary N) is 1. The number of amides is 1. The van der Waals surface area contributed by atoms with Crippen molar-refractivity contribution in [3.63, 3.8) is 0 Å². The summed E-state index contributed by atoms with van der Waals surface area (Å²) in [5.41, 5.74) is 0. The van der Waals surface area contributed by atoms with Crippen LogP contribution in [-0.2, 0) is 0 Å². The summed E-state index contributed by atoms with van der Waals surface area (Å²) in [5, 5.41) is 14.4. The third-order valence-electron chi connectivity index (χ3n) is 3.86. The number of fused-ring (bicyclic) bond motifs is 1. The maximum absolute atomic E-state index is 12.3. The van der Waals surface area contributed by atoms with Gasteiger partial charge < -0.3 is 10.4 Å². The Morgan fingerprint density at radius 1 is 1.38 bits per heavy atom. The first-order chi connectivity index (χ1) is 10.0. The normalized spacial score (nSPS) is 21.9.